The molecular formula is C15H17ClFN3O3S2. The molecule has 1 amide bonds. The fraction of sp³-hybridized carbons (Fsp3) is 0.333. The van der Waals surface area contributed by atoms with Gasteiger partial charge in [-0.1, -0.05) is 29.0 Å². The Kier molecular flexibility index (Phi) is 6.28. The minimum absolute atomic E-state index is 0.144. The summed E-state index contributed by atoms with van der Waals surface area (Å²) >= 11 is 5.34. The van der Waals surface area contributed by atoms with E-state index in [4.69, 9.17) is 16.7 Å². The van der Waals surface area contributed by atoms with E-state index in [1.807, 2.05) is 0 Å². The Balaban J connectivity index is 2.41. The van der Waals surface area contributed by atoms with Gasteiger partial charge in [0.15, 0.2) is 5.13 Å². The molecule has 1 aromatic carbocycles. The molecule has 0 radical (unpaired) electrons. The second-order valence-corrected chi connectivity index (χ2v) is 9.59. The van der Waals surface area contributed by atoms with Gasteiger partial charge in [-0.25, -0.2) is 14.2 Å². The van der Waals surface area contributed by atoms with E-state index in [-0.39, 0.29) is 15.7 Å². The number of nitrogens with one attached hydrogen (secondary N) is 2. The molecule has 6 nitrogen and oxygen atoms in total. The van der Waals surface area contributed by atoms with E-state index < -0.39 is 34.1 Å². The van der Waals surface area contributed by atoms with E-state index in [0.29, 0.717) is 4.88 Å². The Morgan fingerprint density at radius 1 is 1.48 bits per heavy atom. The van der Waals surface area contributed by atoms with Crippen LogP contribution in [0.1, 0.15) is 37.3 Å². The van der Waals surface area contributed by atoms with Crippen molar-refractivity contribution in [3.05, 3.63) is 45.7 Å². The number of carboxylic acid groups (broad SMARTS) is 1. The molecule has 0 saturated carbocycles. The van der Waals surface area contributed by atoms with Crippen LogP contribution in [0.4, 0.5) is 14.3 Å². The summed E-state index contributed by atoms with van der Waals surface area (Å²) in [5, 5.41) is 11.3. The van der Waals surface area contributed by atoms with Crippen LogP contribution in [0.2, 0.25) is 5.02 Å². The van der Waals surface area contributed by atoms with Crippen LogP contribution in [-0.4, -0.2) is 25.5 Å². The quantitative estimate of drug-likeness (QED) is 0.648. The van der Waals surface area contributed by atoms with Crippen LogP contribution in [0.25, 0.3) is 0 Å². The predicted molar refractivity (Wildman–Crippen MR) is 98.0 cm³/mol. The van der Waals surface area contributed by atoms with Gasteiger partial charge in [0.25, 0.3) is 0 Å². The van der Waals surface area contributed by atoms with E-state index in [1.165, 1.54) is 24.4 Å². The fourth-order valence-corrected chi connectivity index (χ4v) is 3.79. The fourth-order valence-electron chi connectivity index (χ4n) is 1.86. The maximum atomic E-state index is 14.4. The Morgan fingerprint density at radius 3 is 2.72 bits per heavy atom. The van der Waals surface area contributed by atoms with Crippen molar-refractivity contribution in [2.24, 2.45) is 0 Å². The first-order valence-corrected chi connectivity index (χ1v) is 9.51. The number of aromatic nitrogens is 1. The summed E-state index contributed by atoms with van der Waals surface area (Å²) in [6, 6.07) is 3.44. The molecule has 10 heteroatoms. The lowest BCUT2D eigenvalue weighted by atomic mass is 10.1. The van der Waals surface area contributed by atoms with Crippen LogP contribution in [0.3, 0.4) is 0 Å². The van der Waals surface area contributed by atoms with Crippen molar-refractivity contribution < 1.29 is 18.8 Å². The Hall–Kier alpha value is -1.39. The molecule has 2 rings (SSSR count). The summed E-state index contributed by atoms with van der Waals surface area (Å²) in [5.74, 6) is -0.558. The standard InChI is InChI=1S/C15H17ClFN3O3S2/c1-15(2,3)25(23)20-12(9-5-4-8(16)6-10(9)17)11-7-18-13(24-11)19-14(21)22/h4-7,12,20H,1-3H3,(H,18,19)(H,21,22). The highest BCUT2D eigenvalue weighted by Gasteiger charge is 2.32. The van der Waals surface area contributed by atoms with Gasteiger partial charge in [0, 0.05) is 28.1 Å². The van der Waals surface area contributed by atoms with Crippen molar-refractivity contribution in [3.63, 3.8) is 0 Å². The molecule has 2 aromatic rings. The van der Waals surface area contributed by atoms with E-state index in [9.17, 15) is 13.7 Å². The number of carbonyl (C=O) groups is 1. The highest BCUT2D eigenvalue weighted by Crippen LogP contribution is 2.33. The van der Waals surface area contributed by atoms with Gasteiger partial charge >= 0.3 is 6.09 Å². The van der Waals surface area contributed by atoms with E-state index in [2.05, 4.69) is 15.0 Å². The molecule has 2 unspecified atom stereocenters. The second kappa shape index (κ2) is 7.88. The molecule has 0 spiro atoms. The first kappa shape index (κ1) is 19.9. The van der Waals surface area contributed by atoms with Crippen LogP contribution >= 0.6 is 22.9 Å². The van der Waals surface area contributed by atoms with E-state index in [1.54, 1.807) is 20.8 Å². The summed E-state index contributed by atoms with van der Waals surface area (Å²) in [6.07, 6.45) is 0.169. The van der Waals surface area contributed by atoms with Crippen LogP contribution < -0.4 is 10.0 Å². The van der Waals surface area contributed by atoms with Crippen molar-refractivity contribution in [3.8, 4) is 0 Å². The zero-order valence-corrected chi connectivity index (χ0v) is 16.1. The Bertz CT molecular complexity index is 767. The van der Waals surface area contributed by atoms with Gasteiger partial charge in [-0.05, 0) is 32.9 Å². The average Bonchev–Trinajstić information content (AvgIpc) is 2.91. The average molecular weight is 406 g/mol. The Morgan fingerprint density at radius 2 is 2.16 bits per heavy atom. The summed E-state index contributed by atoms with van der Waals surface area (Å²) in [5.41, 5.74) is 0.243. The predicted octanol–water partition coefficient (Wildman–Crippen LogP) is 4.17. The number of hydrogen-bond acceptors (Lipinski definition) is 5. The second-order valence-electron chi connectivity index (χ2n) is 6.10. The first-order chi connectivity index (χ1) is 11.6. The number of thiazole rings is 1. The maximum absolute atomic E-state index is 14.4. The lowest BCUT2D eigenvalue weighted by Gasteiger charge is -2.27. The molecular weight excluding hydrogens is 389 g/mol. The van der Waals surface area contributed by atoms with Crippen molar-refractivity contribution in [2.75, 3.05) is 5.32 Å². The third kappa shape index (κ3) is 5.29. The lowest BCUT2D eigenvalue weighted by molar-refractivity contribution is 0.209. The summed E-state index contributed by atoms with van der Waals surface area (Å²) < 4.78 is 29.2. The third-order valence-corrected chi connectivity index (χ3v) is 5.85. The molecule has 0 bridgehead atoms. The monoisotopic (exact) mass is 405 g/mol. The molecule has 25 heavy (non-hydrogen) atoms. The van der Waals surface area contributed by atoms with Crippen LogP contribution in [0.5, 0.6) is 0 Å². The number of hydrogen-bond donors (Lipinski definition) is 3. The van der Waals surface area contributed by atoms with Gasteiger partial charge in [0.1, 0.15) is 16.6 Å². The number of benzene rings is 1. The SMILES string of the molecule is CC(C)(C)[S+]([O-])NC(c1cnc(NC(=O)O)s1)c1ccc(Cl)cc1F. The number of rotatable bonds is 5. The van der Waals surface area contributed by atoms with Crippen LogP contribution in [-0.2, 0) is 11.4 Å². The molecule has 136 valence electrons. The topological polar surface area (TPSA) is 97.3 Å². The van der Waals surface area contributed by atoms with Gasteiger partial charge in [-0.2, -0.15) is 0 Å². The van der Waals surface area contributed by atoms with Crippen molar-refractivity contribution in [1.82, 2.24) is 9.71 Å². The highest BCUT2D eigenvalue weighted by atomic mass is 35.5. The molecule has 0 aliphatic carbocycles. The van der Waals surface area contributed by atoms with Gasteiger partial charge in [0.2, 0.25) is 0 Å². The lowest BCUT2D eigenvalue weighted by Crippen LogP contribution is -2.41. The van der Waals surface area contributed by atoms with Gasteiger partial charge < -0.3 is 9.66 Å². The summed E-state index contributed by atoms with van der Waals surface area (Å²) in [4.78, 5) is 15.2. The zero-order chi connectivity index (χ0) is 18.8. The van der Waals surface area contributed by atoms with Crippen LogP contribution in [0, 0.1) is 5.82 Å². The minimum atomic E-state index is -1.49. The smallest absolute Gasteiger partial charge is 0.410 e. The van der Waals surface area contributed by atoms with Crippen LogP contribution in [0.15, 0.2) is 24.4 Å². The first-order valence-electron chi connectivity index (χ1n) is 7.16. The number of nitrogens with zero attached hydrogens (tertiary/aromatic N) is 1. The Labute approximate surface area is 156 Å². The molecule has 1 aromatic heterocycles. The number of halogens is 2. The molecule has 1 heterocycles. The molecule has 0 fully saturated rings. The molecule has 2 atom stereocenters. The van der Waals surface area contributed by atoms with Crippen molar-refractivity contribution in [2.45, 2.75) is 31.6 Å². The van der Waals surface area contributed by atoms with E-state index >= 15 is 0 Å². The molecule has 0 aliphatic rings. The molecule has 0 aliphatic heterocycles. The number of anilines is 1. The summed E-state index contributed by atoms with van der Waals surface area (Å²) in [7, 11) is 0. The minimum Gasteiger partial charge on any atom is -0.598 e. The molecule has 3 N–H and O–H groups in total. The largest absolute Gasteiger partial charge is 0.598 e. The van der Waals surface area contributed by atoms with Gasteiger partial charge in [-0.15, -0.1) is 4.72 Å². The summed E-state index contributed by atoms with van der Waals surface area (Å²) in [6.45, 7) is 5.36. The van der Waals surface area contributed by atoms with Gasteiger partial charge in [0.05, 0.1) is 4.88 Å². The highest BCUT2D eigenvalue weighted by molar-refractivity contribution is 7.90. The van der Waals surface area contributed by atoms with Gasteiger partial charge in [-0.3, -0.25) is 5.32 Å². The molecule has 0 saturated heterocycles. The zero-order valence-electron chi connectivity index (χ0n) is 13.7. The van der Waals surface area contributed by atoms with Crippen molar-refractivity contribution in [1.29, 1.82) is 0 Å². The number of amides is 1. The van der Waals surface area contributed by atoms with Crippen molar-refractivity contribution >= 4 is 45.5 Å². The maximum Gasteiger partial charge on any atom is 0.410 e. The van der Waals surface area contributed by atoms with E-state index in [0.717, 1.165) is 11.3 Å². The third-order valence-electron chi connectivity index (χ3n) is 3.08. The normalized spacial score (nSPS) is 14.2.